The molecule has 1 N–H and O–H groups in total. The summed E-state index contributed by atoms with van der Waals surface area (Å²) in [5.74, 6) is -0.673. The van der Waals surface area contributed by atoms with Crippen molar-refractivity contribution in [1.29, 1.82) is 0 Å². The van der Waals surface area contributed by atoms with E-state index in [2.05, 4.69) is 28.8 Å². The molecular formula is C13H15F2N3S. The molecule has 1 heterocycles. The Labute approximate surface area is 114 Å². The SMILES string of the molecule is CC(C)CNCc1snnc1-c1ccc(F)cc1F. The molecule has 0 fully saturated rings. The van der Waals surface area contributed by atoms with Gasteiger partial charge in [-0.2, -0.15) is 0 Å². The number of halogens is 2. The van der Waals surface area contributed by atoms with Crippen LogP contribution in [-0.2, 0) is 6.54 Å². The molecule has 3 nitrogen and oxygen atoms in total. The fourth-order valence-electron chi connectivity index (χ4n) is 1.69. The molecule has 1 aromatic heterocycles. The summed E-state index contributed by atoms with van der Waals surface area (Å²) in [4.78, 5) is 0.853. The van der Waals surface area contributed by atoms with Gasteiger partial charge in [0.15, 0.2) is 0 Å². The molecule has 19 heavy (non-hydrogen) atoms. The average molecular weight is 283 g/mol. The standard InChI is InChI=1S/C13H15F2N3S/c1-8(2)6-16-7-12-13(17-18-19-12)10-4-3-9(14)5-11(10)15/h3-5,8,16H,6-7H2,1-2H3. The summed E-state index contributed by atoms with van der Waals surface area (Å²) >= 11 is 1.22. The van der Waals surface area contributed by atoms with Gasteiger partial charge in [0.05, 0.1) is 4.88 Å². The quantitative estimate of drug-likeness (QED) is 0.915. The van der Waals surface area contributed by atoms with Gasteiger partial charge in [-0.15, -0.1) is 5.10 Å². The Morgan fingerprint density at radius 3 is 2.79 bits per heavy atom. The second-order valence-electron chi connectivity index (χ2n) is 4.69. The van der Waals surface area contributed by atoms with Gasteiger partial charge < -0.3 is 5.32 Å². The van der Waals surface area contributed by atoms with Gasteiger partial charge in [0, 0.05) is 18.2 Å². The van der Waals surface area contributed by atoms with E-state index in [0.717, 1.165) is 17.5 Å². The molecule has 0 radical (unpaired) electrons. The van der Waals surface area contributed by atoms with Gasteiger partial charge in [0.2, 0.25) is 0 Å². The number of rotatable bonds is 5. The van der Waals surface area contributed by atoms with Gasteiger partial charge in [0.25, 0.3) is 0 Å². The Morgan fingerprint density at radius 1 is 1.32 bits per heavy atom. The van der Waals surface area contributed by atoms with Crippen molar-refractivity contribution < 1.29 is 8.78 Å². The number of hydrogen-bond donors (Lipinski definition) is 1. The van der Waals surface area contributed by atoms with Crippen LogP contribution >= 0.6 is 11.5 Å². The fourth-order valence-corrected chi connectivity index (χ4v) is 2.31. The van der Waals surface area contributed by atoms with Crippen molar-refractivity contribution in [3.8, 4) is 11.3 Å². The highest BCUT2D eigenvalue weighted by atomic mass is 32.1. The lowest BCUT2D eigenvalue weighted by Gasteiger charge is -2.07. The second kappa shape index (κ2) is 6.16. The number of benzene rings is 1. The Morgan fingerprint density at radius 2 is 2.11 bits per heavy atom. The van der Waals surface area contributed by atoms with Gasteiger partial charge >= 0.3 is 0 Å². The Kier molecular flexibility index (Phi) is 4.55. The van der Waals surface area contributed by atoms with Gasteiger partial charge in [-0.05, 0) is 36.1 Å². The molecule has 0 amide bonds. The molecule has 0 aliphatic heterocycles. The Balaban J connectivity index is 2.19. The summed E-state index contributed by atoms with van der Waals surface area (Å²) in [7, 11) is 0. The monoisotopic (exact) mass is 283 g/mol. The van der Waals surface area contributed by atoms with Crippen molar-refractivity contribution in [2.24, 2.45) is 5.92 Å². The number of nitrogens with zero attached hydrogens (tertiary/aromatic N) is 2. The third kappa shape index (κ3) is 3.54. The second-order valence-corrected chi connectivity index (χ2v) is 5.53. The van der Waals surface area contributed by atoms with E-state index in [1.54, 1.807) is 0 Å². The molecule has 0 aliphatic carbocycles. The largest absolute Gasteiger partial charge is 0.311 e. The smallest absolute Gasteiger partial charge is 0.135 e. The van der Waals surface area contributed by atoms with E-state index in [-0.39, 0.29) is 5.56 Å². The van der Waals surface area contributed by atoms with Crippen LogP contribution in [0.4, 0.5) is 8.78 Å². The molecule has 2 aromatic rings. The lowest BCUT2D eigenvalue weighted by molar-refractivity contribution is 0.554. The molecule has 0 atom stereocenters. The summed E-state index contributed by atoms with van der Waals surface area (Å²) in [6, 6.07) is 3.48. The highest BCUT2D eigenvalue weighted by Gasteiger charge is 2.14. The minimum absolute atomic E-state index is 0.288. The van der Waals surface area contributed by atoms with Crippen LogP contribution < -0.4 is 5.32 Å². The first kappa shape index (κ1) is 14.0. The molecule has 102 valence electrons. The van der Waals surface area contributed by atoms with Crippen LogP contribution in [0.25, 0.3) is 11.3 Å². The van der Waals surface area contributed by atoms with E-state index in [1.807, 2.05) is 0 Å². The molecule has 1 aromatic carbocycles. The third-order valence-electron chi connectivity index (χ3n) is 2.58. The van der Waals surface area contributed by atoms with Crippen LogP contribution in [0, 0.1) is 17.6 Å². The van der Waals surface area contributed by atoms with Crippen molar-refractivity contribution in [3.05, 3.63) is 34.7 Å². The highest BCUT2D eigenvalue weighted by Crippen LogP contribution is 2.26. The lowest BCUT2D eigenvalue weighted by atomic mass is 10.1. The minimum Gasteiger partial charge on any atom is -0.311 e. The van der Waals surface area contributed by atoms with E-state index in [1.165, 1.54) is 23.7 Å². The molecule has 0 bridgehead atoms. The summed E-state index contributed by atoms with van der Waals surface area (Å²) in [5, 5.41) is 7.20. The number of hydrogen-bond acceptors (Lipinski definition) is 4. The third-order valence-corrected chi connectivity index (χ3v) is 3.30. The first-order chi connectivity index (χ1) is 9.08. The van der Waals surface area contributed by atoms with E-state index >= 15 is 0 Å². The van der Waals surface area contributed by atoms with Crippen molar-refractivity contribution in [2.75, 3.05) is 6.54 Å². The molecule has 0 spiro atoms. The van der Waals surface area contributed by atoms with Crippen molar-refractivity contribution in [2.45, 2.75) is 20.4 Å². The zero-order valence-corrected chi connectivity index (χ0v) is 11.6. The molecule has 0 saturated heterocycles. The average Bonchev–Trinajstić information content (AvgIpc) is 2.77. The van der Waals surface area contributed by atoms with Crippen LogP contribution in [0.2, 0.25) is 0 Å². The van der Waals surface area contributed by atoms with E-state index in [4.69, 9.17) is 0 Å². The lowest BCUT2D eigenvalue weighted by Crippen LogP contribution is -2.18. The Hall–Kier alpha value is -1.40. The van der Waals surface area contributed by atoms with Crippen LogP contribution in [0.5, 0.6) is 0 Å². The fraction of sp³-hybridized carbons (Fsp3) is 0.385. The zero-order chi connectivity index (χ0) is 13.8. The maximum Gasteiger partial charge on any atom is 0.135 e. The summed E-state index contributed by atoms with van der Waals surface area (Å²) in [6.45, 7) is 5.67. The number of aromatic nitrogens is 2. The first-order valence-electron chi connectivity index (χ1n) is 6.05. The summed E-state index contributed by atoms with van der Waals surface area (Å²) in [5.41, 5.74) is 0.773. The van der Waals surface area contributed by atoms with Crippen molar-refractivity contribution in [1.82, 2.24) is 14.9 Å². The van der Waals surface area contributed by atoms with Crippen LogP contribution in [-0.4, -0.2) is 16.1 Å². The molecule has 6 heteroatoms. The van der Waals surface area contributed by atoms with E-state index in [9.17, 15) is 8.78 Å². The highest BCUT2D eigenvalue weighted by molar-refractivity contribution is 7.05. The molecule has 0 saturated carbocycles. The van der Waals surface area contributed by atoms with E-state index in [0.29, 0.717) is 18.2 Å². The van der Waals surface area contributed by atoms with Gasteiger partial charge in [0.1, 0.15) is 17.3 Å². The van der Waals surface area contributed by atoms with Crippen LogP contribution in [0.1, 0.15) is 18.7 Å². The Bertz CT molecular complexity index is 555. The van der Waals surface area contributed by atoms with Gasteiger partial charge in [-0.1, -0.05) is 18.3 Å². The molecular weight excluding hydrogens is 268 g/mol. The molecule has 2 rings (SSSR count). The number of nitrogens with one attached hydrogen (secondary N) is 1. The van der Waals surface area contributed by atoms with E-state index < -0.39 is 11.6 Å². The van der Waals surface area contributed by atoms with Crippen LogP contribution in [0.15, 0.2) is 18.2 Å². The first-order valence-corrected chi connectivity index (χ1v) is 6.82. The van der Waals surface area contributed by atoms with Crippen molar-refractivity contribution >= 4 is 11.5 Å². The molecule has 0 unspecified atom stereocenters. The topological polar surface area (TPSA) is 37.8 Å². The maximum absolute atomic E-state index is 13.7. The summed E-state index contributed by atoms with van der Waals surface area (Å²) < 4.78 is 30.5. The van der Waals surface area contributed by atoms with Gasteiger partial charge in [-0.25, -0.2) is 8.78 Å². The minimum atomic E-state index is -0.613. The maximum atomic E-state index is 13.7. The van der Waals surface area contributed by atoms with Crippen LogP contribution in [0.3, 0.4) is 0 Å². The van der Waals surface area contributed by atoms with Gasteiger partial charge in [-0.3, -0.25) is 0 Å². The summed E-state index contributed by atoms with van der Waals surface area (Å²) in [6.07, 6.45) is 0. The van der Waals surface area contributed by atoms with Crippen molar-refractivity contribution in [3.63, 3.8) is 0 Å². The predicted molar refractivity (Wildman–Crippen MR) is 71.8 cm³/mol. The predicted octanol–water partition coefficient (Wildman–Crippen LogP) is 3.23. The zero-order valence-electron chi connectivity index (χ0n) is 10.8. The normalized spacial score (nSPS) is 11.2. The molecule has 0 aliphatic rings.